The Morgan fingerprint density at radius 1 is 0.867 bits per heavy atom. The van der Waals surface area contributed by atoms with E-state index < -0.39 is 17.2 Å². The van der Waals surface area contributed by atoms with Crippen LogP contribution in [-0.2, 0) is 28.6 Å². The molecule has 3 rings (SSSR count). The highest BCUT2D eigenvalue weighted by molar-refractivity contribution is 5.77. The number of carbonyl (C=O) groups excluding carboxylic acids is 3. The molecule has 0 aromatic carbocycles. The van der Waals surface area contributed by atoms with Crippen LogP contribution >= 0.6 is 0 Å². The van der Waals surface area contributed by atoms with Crippen molar-refractivity contribution in [3.05, 3.63) is 0 Å². The summed E-state index contributed by atoms with van der Waals surface area (Å²) >= 11 is 0. The molecule has 3 fully saturated rings. The van der Waals surface area contributed by atoms with E-state index in [0.717, 1.165) is 37.5 Å². The third kappa shape index (κ3) is 11.2. The number of hydrogen-bond acceptors (Lipinski definition) is 7. The fourth-order valence-corrected chi connectivity index (χ4v) is 9.01. The Balaban J connectivity index is 1.55. The highest BCUT2D eigenvalue weighted by Crippen LogP contribution is 2.60. The summed E-state index contributed by atoms with van der Waals surface area (Å²) in [6.45, 7) is 18.5. The summed E-state index contributed by atoms with van der Waals surface area (Å²) in [6.07, 6.45) is 14.8. The van der Waals surface area contributed by atoms with Gasteiger partial charge >= 0.3 is 17.9 Å². The van der Waals surface area contributed by atoms with E-state index in [0.29, 0.717) is 30.1 Å². The molecule has 0 aromatic heterocycles. The average molecular weight is 634 g/mol. The maximum absolute atomic E-state index is 12.9. The Bertz CT molecular complexity index is 982. The summed E-state index contributed by atoms with van der Waals surface area (Å²) in [5.41, 5.74) is 5.46. The number of unbranched alkanes of at least 4 members (excludes halogenated alkanes) is 1. The quantitative estimate of drug-likeness (QED) is 0.160. The molecule has 45 heavy (non-hydrogen) atoms. The van der Waals surface area contributed by atoms with Crippen LogP contribution in [-0.4, -0.2) is 41.3 Å². The number of esters is 3. The number of fused-ring (bicyclic) bond motifs is 1. The van der Waals surface area contributed by atoms with Crippen molar-refractivity contribution in [1.29, 1.82) is 0 Å². The van der Waals surface area contributed by atoms with Crippen LogP contribution < -0.4 is 5.73 Å². The van der Waals surface area contributed by atoms with Crippen LogP contribution in [0.5, 0.6) is 0 Å². The van der Waals surface area contributed by atoms with Gasteiger partial charge in [0.15, 0.2) is 0 Å². The first kappa shape index (κ1) is 37.8. The lowest BCUT2D eigenvalue weighted by atomic mass is 9.49. The molecule has 260 valence electrons. The Kier molecular flexibility index (Phi) is 13.4. The number of hydrogen-bond donors (Lipinski definition) is 1. The van der Waals surface area contributed by atoms with E-state index in [4.69, 9.17) is 19.9 Å². The molecular weight excluding hydrogens is 566 g/mol. The molecule has 0 amide bonds. The maximum Gasteiger partial charge on any atom is 0.323 e. The smallest absolute Gasteiger partial charge is 0.323 e. The highest BCUT2D eigenvalue weighted by Gasteiger charge is 2.53. The Morgan fingerprint density at radius 2 is 1.49 bits per heavy atom. The molecule has 1 unspecified atom stereocenters. The third-order valence-corrected chi connectivity index (χ3v) is 11.4. The van der Waals surface area contributed by atoms with Crippen molar-refractivity contribution in [2.24, 2.45) is 46.7 Å². The molecule has 7 heteroatoms. The van der Waals surface area contributed by atoms with Gasteiger partial charge in [-0.1, -0.05) is 33.6 Å². The summed E-state index contributed by atoms with van der Waals surface area (Å²) < 4.78 is 16.9. The largest absolute Gasteiger partial charge is 0.461 e. The first-order valence-corrected chi connectivity index (χ1v) is 18.3. The van der Waals surface area contributed by atoms with Gasteiger partial charge in [-0.3, -0.25) is 14.4 Å². The second kappa shape index (κ2) is 16.0. The summed E-state index contributed by atoms with van der Waals surface area (Å²) in [7, 11) is 0. The molecule has 0 radical (unpaired) electrons. The molecule has 0 spiro atoms. The van der Waals surface area contributed by atoms with Crippen molar-refractivity contribution in [2.75, 3.05) is 0 Å². The molecule has 0 aliphatic heterocycles. The van der Waals surface area contributed by atoms with Crippen LogP contribution in [0.3, 0.4) is 0 Å². The Labute approximate surface area is 274 Å². The molecule has 3 aliphatic carbocycles. The molecule has 3 saturated carbocycles. The van der Waals surface area contributed by atoms with E-state index in [1.165, 1.54) is 51.4 Å². The van der Waals surface area contributed by atoms with E-state index in [9.17, 15) is 14.4 Å². The Morgan fingerprint density at radius 3 is 2.09 bits per heavy atom. The predicted octanol–water partition coefficient (Wildman–Crippen LogP) is 8.54. The van der Waals surface area contributed by atoms with Gasteiger partial charge in [0, 0.05) is 12.8 Å². The van der Waals surface area contributed by atoms with Crippen LogP contribution in [0.4, 0.5) is 0 Å². The molecular formula is C38H67NO6. The number of nitrogens with two attached hydrogens (primary N) is 1. The fourth-order valence-electron chi connectivity index (χ4n) is 9.01. The summed E-state index contributed by atoms with van der Waals surface area (Å²) in [5.74, 6) is 3.26. The predicted molar refractivity (Wildman–Crippen MR) is 179 cm³/mol. The number of rotatable bonds is 13. The average Bonchev–Trinajstić information content (AvgIpc) is 3.42. The van der Waals surface area contributed by atoms with Crippen LogP contribution in [0.1, 0.15) is 159 Å². The molecule has 2 N–H and O–H groups in total. The summed E-state index contributed by atoms with van der Waals surface area (Å²) in [4.78, 5) is 37.3. The zero-order chi connectivity index (χ0) is 33.6. The van der Waals surface area contributed by atoms with Gasteiger partial charge in [0.05, 0.1) is 0 Å². The van der Waals surface area contributed by atoms with Crippen LogP contribution in [0.15, 0.2) is 0 Å². The van der Waals surface area contributed by atoms with Crippen molar-refractivity contribution >= 4 is 17.9 Å². The zero-order valence-electron chi connectivity index (χ0n) is 30.3. The van der Waals surface area contributed by atoms with Gasteiger partial charge < -0.3 is 19.9 Å². The van der Waals surface area contributed by atoms with E-state index in [-0.39, 0.29) is 42.3 Å². The van der Waals surface area contributed by atoms with Gasteiger partial charge in [0.1, 0.15) is 23.3 Å². The summed E-state index contributed by atoms with van der Waals surface area (Å²) in [6, 6.07) is -0.805. The van der Waals surface area contributed by atoms with Crippen molar-refractivity contribution < 1.29 is 28.6 Å². The molecule has 0 aromatic rings. The SMILES string of the molecule is CCCC[C@H]1[C@H]([C@@H]2CCC([C@H](C)CCC(=O)OC(C)(C)C)C2)CC[C@@H]2C[C@@H](OC(=O)[C@@H](N)CCC(=O)OC(C)(C)C)CC[C@@]21C. The van der Waals surface area contributed by atoms with E-state index in [1.54, 1.807) is 0 Å². The molecule has 0 heterocycles. The maximum atomic E-state index is 12.9. The van der Waals surface area contributed by atoms with Crippen molar-refractivity contribution in [2.45, 2.75) is 182 Å². The van der Waals surface area contributed by atoms with E-state index in [2.05, 4.69) is 20.8 Å². The molecule has 0 bridgehead atoms. The van der Waals surface area contributed by atoms with Gasteiger partial charge in [-0.05, 0) is 153 Å². The van der Waals surface area contributed by atoms with E-state index >= 15 is 0 Å². The van der Waals surface area contributed by atoms with Crippen LogP contribution in [0.2, 0.25) is 0 Å². The van der Waals surface area contributed by atoms with Gasteiger partial charge in [0.2, 0.25) is 0 Å². The monoisotopic (exact) mass is 633 g/mol. The minimum Gasteiger partial charge on any atom is -0.461 e. The van der Waals surface area contributed by atoms with E-state index in [1.807, 2.05) is 41.5 Å². The Hall–Kier alpha value is -1.63. The van der Waals surface area contributed by atoms with Gasteiger partial charge in [-0.15, -0.1) is 0 Å². The fraction of sp³-hybridized carbons (Fsp3) is 0.921. The molecule has 3 aliphatic rings. The standard InChI is InChI=1S/C38H67NO6/c1-10-11-12-31-30(27-15-14-26(23-27)25(2)13-19-33(40)44-36(3,4)5)17-16-28-24-29(21-22-38(28,31)9)43-35(42)32(39)18-20-34(41)45-37(6,7)8/h25-32H,10-24,39H2,1-9H3/t25-,26?,27-,28-,29+,30+,31+,32+,38+/m1/s1. The second-order valence-electron chi connectivity index (χ2n) is 17.2. The van der Waals surface area contributed by atoms with Crippen molar-refractivity contribution in [1.82, 2.24) is 0 Å². The lowest BCUT2D eigenvalue weighted by Gasteiger charge is -2.56. The molecule has 7 nitrogen and oxygen atoms in total. The van der Waals surface area contributed by atoms with Crippen molar-refractivity contribution in [3.63, 3.8) is 0 Å². The summed E-state index contributed by atoms with van der Waals surface area (Å²) in [5, 5.41) is 0. The van der Waals surface area contributed by atoms with Crippen LogP contribution in [0.25, 0.3) is 0 Å². The lowest BCUT2D eigenvalue weighted by molar-refractivity contribution is -0.160. The molecule has 0 saturated heterocycles. The molecule has 9 atom stereocenters. The third-order valence-electron chi connectivity index (χ3n) is 11.4. The minimum atomic E-state index is -0.805. The van der Waals surface area contributed by atoms with Gasteiger partial charge in [0.25, 0.3) is 0 Å². The van der Waals surface area contributed by atoms with Gasteiger partial charge in [-0.25, -0.2) is 0 Å². The first-order valence-electron chi connectivity index (χ1n) is 18.3. The topological polar surface area (TPSA) is 105 Å². The van der Waals surface area contributed by atoms with Crippen molar-refractivity contribution in [3.8, 4) is 0 Å². The minimum absolute atomic E-state index is 0.0705. The normalized spacial score (nSPS) is 31.9. The second-order valence-corrected chi connectivity index (χ2v) is 17.2. The number of carbonyl (C=O) groups is 3. The number of ether oxygens (including phenoxy) is 3. The van der Waals surface area contributed by atoms with Crippen LogP contribution in [0, 0.1) is 40.9 Å². The lowest BCUT2D eigenvalue weighted by Crippen LogP contribution is -2.50. The van der Waals surface area contributed by atoms with Gasteiger partial charge in [-0.2, -0.15) is 0 Å². The highest BCUT2D eigenvalue weighted by atomic mass is 16.6. The zero-order valence-corrected chi connectivity index (χ0v) is 30.3. The first-order chi connectivity index (χ1) is 20.9.